The fraction of sp³-hybridized carbons (Fsp3) is 0.444. The van der Waals surface area contributed by atoms with Crippen molar-refractivity contribution in [2.24, 2.45) is 0 Å². The third-order valence-corrected chi connectivity index (χ3v) is 4.77. The van der Waals surface area contributed by atoms with Crippen molar-refractivity contribution in [3.8, 4) is 17.2 Å². The predicted molar refractivity (Wildman–Crippen MR) is 95.0 cm³/mol. The quantitative estimate of drug-likeness (QED) is 0.812. The summed E-state index contributed by atoms with van der Waals surface area (Å²) in [6, 6.07) is 4.85. The lowest BCUT2D eigenvalue weighted by atomic mass is 10.1. The molecule has 28 heavy (non-hydrogen) atoms. The number of aromatic nitrogens is 3. The summed E-state index contributed by atoms with van der Waals surface area (Å²) in [5.74, 6) is -0.0593. The lowest BCUT2D eigenvalue weighted by molar-refractivity contribution is -0.139. The molecule has 1 amide bonds. The zero-order valence-corrected chi connectivity index (χ0v) is 15.3. The molecular formula is C18H20N4O6. The Morgan fingerprint density at radius 2 is 2.00 bits per heavy atom. The molecule has 0 radical (unpaired) electrons. The van der Waals surface area contributed by atoms with E-state index < -0.39 is 12.0 Å². The van der Waals surface area contributed by atoms with Crippen molar-refractivity contribution >= 4 is 11.9 Å². The van der Waals surface area contributed by atoms with Crippen molar-refractivity contribution < 1.29 is 28.9 Å². The Morgan fingerprint density at radius 3 is 2.79 bits per heavy atom. The molecule has 1 N–H and O–H groups in total. The Kier molecular flexibility index (Phi) is 4.86. The minimum Gasteiger partial charge on any atom is -0.486 e. The molecule has 2 aliphatic heterocycles. The van der Waals surface area contributed by atoms with Gasteiger partial charge in [0.2, 0.25) is 0 Å². The average molecular weight is 388 g/mol. The number of fused-ring (bicyclic) bond motifs is 1. The summed E-state index contributed by atoms with van der Waals surface area (Å²) < 4.78 is 18.0. The lowest BCUT2D eigenvalue weighted by Crippen LogP contribution is -2.49. The van der Waals surface area contributed by atoms with Gasteiger partial charge in [-0.05, 0) is 19.1 Å². The molecule has 1 saturated heterocycles. The number of aliphatic carboxylic acids is 1. The number of ether oxygens (including phenoxy) is 3. The van der Waals surface area contributed by atoms with E-state index in [1.165, 1.54) is 4.90 Å². The molecule has 0 aliphatic carbocycles. The summed E-state index contributed by atoms with van der Waals surface area (Å²) in [4.78, 5) is 25.6. The SMILES string of the molecule is Cc1c(C(=O)N2CCOCC2CC(=O)O)nnn1-c1ccc2c(c1)OCCO2. The van der Waals surface area contributed by atoms with Gasteiger partial charge in [-0.25, -0.2) is 4.68 Å². The highest BCUT2D eigenvalue weighted by Gasteiger charge is 2.32. The van der Waals surface area contributed by atoms with Gasteiger partial charge in [0.05, 0.1) is 37.1 Å². The Hall–Kier alpha value is -3.14. The molecule has 1 aromatic heterocycles. The lowest BCUT2D eigenvalue weighted by Gasteiger charge is -2.34. The van der Waals surface area contributed by atoms with Crippen molar-refractivity contribution in [2.75, 3.05) is 33.0 Å². The molecule has 2 aromatic rings. The Balaban J connectivity index is 1.61. The maximum atomic E-state index is 13.0. The molecule has 4 rings (SSSR count). The first-order valence-corrected chi connectivity index (χ1v) is 8.97. The molecule has 1 fully saturated rings. The first-order valence-electron chi connectivity index (χ1n) is 8.97. The van der Waals surface area contributed by atoms with E-state index in [2.05, 4.69) is 10.3 Å². The van der Waals surface area contributed by atoms with Crippen LogP contribution in [0.5, 0.6) is 11.5 Å². The second-order valence-corrected chi connectivity index (χ2v) is 6.59. The van der Waals surface area contributed by atoms with Crippen LogP contribution in [-0.4, -0.2) is 75.9 Å². The summed E-state index contributed by atoms with van der Waals surface area (Å²) >= 11 is 0. The van der Waals surface area contributed by atoms with Crippen LogP contribution >= 0.6 is 0 Å². The van der Waals surface area contributed by atoms with Crippen LogP contribution in [0.25, 0.3) is 5.69 Å². The number of carbonyl (C=O) groups excluding carboxylic acids is 1. The molecule has 2 aliphatic rings. The summed E-state index contributed by atoms with van der Waals surface area (Å²) in [6.07, 6.45) is -0.179. The van der Waals surface area contributed by atoms with Crippen LogP contribution in [0.2, 0.25) is 0 Å². The number of nitrogens with zero attached hydrogens (tertiary/aromatic N) is 4. The van der Waals surface area contributed by atoms with Crippen LogP contribution in [0.4, 0.5) is 0 Å². The average Bonchev–Trinajstić information content (AvgIpc) is 3.08. The van der Waals surface area contributed by atoms with Crippen LogP contribution < -0.4 is 9.47 Å². The Labute approximate surface area is 160 Å². The van der Waals surface area contributed by atoms with Gasteiger partial charge in [0.25, 0.3) is 5.91 Å². The van der Waals surface area contributed by atoms with Crippen LogP contribution in [0.15, 0.2) is 18.2 Å². The van der Waals surface area contributed by atoms with Crippen molar-refractivity contribution in [3.05, 3.63) is 29.6 Å². The van der Waals surface area contributed by atoms with E-state index in [0.717, 1.165) is 0 Å². The van der Waals surface area contributed by atoms with Crippen LogP contribution in [0.1, 0.15) is 22.6 Å². The van der Waals surface area contributed by atoms with E-state index in [1.807, 2.05) is 6.07 Å². The smallest absolute Gasteiger partial charge is 0.305 e. The highest BCUT2D eigenvalue weighted by molar-refractivity contribution is 5.94. The minimum atomic E-state index is -0.982. The van der Waals surface area contributed by atoms with Crippen LogP contribution in [-0.2, 0) is 9.53 Å². The van der Waals surface area contributed by atoms with E-state index in [9.17, 15) is 9.59 Å². The zero-order valence-electron chi connectivity index (χ0n) is 15.3. The van der Waals surface area contributed by atoms with Gasteiger partial charge in [0.15, 0.2) is 17.2 Å². The number of rotatable bonds is 4. The summed E-state index contributed by atoms with van der Waals surface area (Å²) in [6.45, 7) is 3.58. The second kappa shape index (κ2) is 7.47. The highest BCUT2D eigenvalue weighted by atomic mass is 16.6. The molecule has 1 atom stereocenters. The first kappa shape index (κ1) is 18.2. The van der Waals surface area contributed by atoms with E-state index in [-0.39, 0.29) is 24.6 Å². The maximum Gasteiger partial charge on any atom is 0.305 e. The van der Waals surface area contributed by atoms with Crippen molar-refractivity contribution in [3.63, 3.8) is 0 Å². The largest absolute Gasteiger partial charge is 0.486 e. The predicted octanol–water partition coefficient (Wildman–Crippen LogP) is 0.663. The van der Waals surface area contributed by atoms with E-state index in [4.69, 9.17) is 19.3 Å². The summed E-state index contributed by atoms with van der Waals surface area (Å²) in [5, 5.41) is 17.3. The van der Waals surface area contributed by atoms with E-state index in [1.54, 1.807) is 23.7 Å². The topological polar surface area (TPSA) is 116 Å². The first-order chi connectivity index (χ1) is 13.5. The number of carbonyl (C=O) groups is 2. The fourth-order valence-corrected chi connectivity index (χ4v) is 3.36. The van der Waals surface area contributed by atoms with E-state index >= 15 is 0 Å². The Morgan fingerprint density at radius 1 is 1.21 bits per heavy atom. The maximum absolute atomic E-state index is 13.0. The van der Waals surface area contributed by atoms with Gasteiger partial charge < -0.3 is 24.2 Å². The van der Waals surface area contributed by atoms with Gasteiger partial charge in [-0.1, -0.05) is 5.21 Å². The van der Waals surface area contributed by atoms with Crippen molar-refractivity contribution in [2.45, 2.75) is 19.4 Å². The van der Waals surface area contributed by atoms with Gasteiger partial charge in [0.1, 0.15) is 13.2 Å². The number of carboxylic acid groups (broad SMARTS) is 1. The number of benzene rings is 1. The third-order valence-electron chi connectivity index (χ3n) is 4.77. The van der Waals surface area contributed by atoms with Crippen molar-refractivity contribution in [1.29, 1.82) is 0 Å². The normalized spacial score (nSPS) is 18.8. The standard InChI is InChI=1S/C18H20N4O6/c1-11-17(18(25)21-4-5-26-10-13(21)9-16(23)24)19-20-22(11)12-2-3-14-15(8-12)28-7-6-27-14/h2-3,8,13H,4-7,9-10H2,1H3,(H,23,24). The summed E-state index contributed by atoms with van der Waals surface area (Å²) in [7, 11) is 0. The fourth-order valence-electron chi connectivity index (χ4n) is 3.36. The number of hydrogen-bond acceptors (Lipinski definition) is 7. The number of morpholine rings is 1. The third kappa shape index (κ3) is 3.38. The molecule has 0 spiro atoms. The molecule has 10 heteroatoms. The van der Waals surface area contributed by atoms with Gasteiger partial charge in [-0.15, -0.1) is 5.10 Å². The van der Waals surface area contributed by atoms with Gasteiger partial charge >= 0.3 is 5.97 Å². The van der Waals surface area contributed by atoms with Crippen LogP contribution in [0.3, 0.4) is 0 Å². The Bertz CT molecular complexity index is 911. The monoisotopic (exact) mass is 388 g/mol. The minimum absolute atomic E-state index is 0.179. The van der Waals surface area contributed by atoms with E-state index in [0.29, 0.717) is 49.2 Å². The molecule has 3 heterocycles. The summed E-state index contributed by atoms with van der Waals surface area (Å²) in [5.41, 5.74) is 1.44. The molecule has 10 nitrogen and oxygen atoms in total. The molecule has 148 valence electrons. The van der Waals surface area contributed by atoms with Crippen molar-refractivity contribution in [1.82, 2.24) is 19.9 Å². The molecular weight excluding hydrogens is 368 g/mol. The molecule has 0 saturated carbocycles. The number of amides is 1. The molecule has 1 unspecified atom stereocenters. The van der Waals surface area contributed by atoms with Gasteiger partial charge in [-0.3, -0.25) is 9.59 Å². The zero-order chi connectivity index (χ0) is 19.7. The molecule has 0 bridgehead atoms. The highest BCUT2D eigenvalue weighted by Crippen LogP contribution is 2.32. The van der Waals surface area contributed by atoms with Gasteiger partial charge in [0, 0.05) is 12.6 Å². The molecule has 1 aromatic carbocycles. The van der Waals surface area contributed by atoms with Gasteiger partial charge in [-0.2, -0.15) is 0 Å². The second-order valence-electron chi connectivity index (χ2n) is 6.59. The van der Waals surface area contributed by atoms with Crippen LogP contribution in [0, 0.1) is 6.92 Å². The number of carboxylic acids is 1. The number of hydrogen-bond donors (Lipinski definition) is 1.